The number of amides is 1. The van der Waals surface area contributed by atoms with E-state index < -0.39 is 12.0 Å². The second-order valence-corrected chi connectivity index (χ2v) is 6.14. The van der Waals surface area contributed by atoms with E-state index in [0.717, 1.165) is 5.69 Å². The summed E-state index contributed by atoms with van der Waals surface area (Å²) in [5.41, 5.74) is 0.760. The predicted octanol–water partition coefficient (Wildman–Crippen LogP) is 2.77. The van der Waals surface area contributed by atoms with Crippen LogP contribution in [0, 0.1) is 5.92 Å². The molecule has 0 spiro atoms. The number of carbonyl (C=O) groups excluding carboxylic acids is 1. The first kappa shape index (κ1) is 15.3. The molecule has 2 N–H and O–H groups in total. The quantitative estimate of drug-likeness (QED) is 0.862. The lowest BCUT2D eigenvalue weighted by atomic mass is 10.0. The molecule has 21 heavy (non-hydrogen) atoms. The van der Waals surface area contributed by atoms with Gasteiger partial charge in [-0.2, -0.15) is 0 Å². The number of carboxylic acids is 1. The largest absolute Gasteiger partial charge is 0.480 e. The van der Waals surface area contributed by atoms with Crippen LogP contribution in [0.5, 0.6) is 0 Å². The van der Waals surface area contributed by atoms with E-state index in [1.165, 1.54) is 11.3 Å². The molecular weight excluding hydrogens is 288 g/mol. The minimum absolute atomic E-state index is 0.193. The number of thiophene rings is 1. The number of hydrogen-bond acceptors (Lipinski definition) is 3. The Kier molecular flexibility index (Phi) is 4.80. The fourth-order valence-corrected chi connectivity index (χ4v) is 2.88. The summed E-state index contributed by atoms with van der Waals surface area (Å²) in [6.07, 6.45) is 4.11. The standard InChI is InChI=1S/C15H18N2O3S/c1-10(2)9-11(15(19)20)16-14(18)13-12(5-8-21-13)17-6-3-4-7-17/h3-8,10-11H,9H2,1-2H3,(H,16,18)(H,19,20). The molecule has 0 aliphatic heterocycles. The second kappa shape index (κ2) is 6.58. The molecule has 1 amide bonds. The van der Waals surface area contributed by atoms with Gasteiger partial charge in [0.1, 0.15) is 10.9 Å². The summed E-state index contributed by atoms with van der Waals surface area (Å²) in [5, 5.41) is 13.6. The molecule has 0 radical (unpaired) electrons. The highest BCUT2D eigenvalue weighted by Crippen LogP contribution is 2.21. The highest BCUT2D eigenvalue weighted by atomic mass is 32.1. The Morgan fingerprint density at radius 2 is 2.00 bits per heavy atom. The Morgan fingerprint density at radius 3 is 2.57 bits per heavy atom. The number of nitrogens with zero attached hydrogens (tertiary/aromatic N) is 1. The Morgan fingerprint density at radius 1 is 1.33 bits per heavy atom. The molecule has 2 heterocycles. The summed E-state index contributed by atoms with van der Waals surface area (Å²) >= 11 is 1.30. The minimum atomic E-state index is -1.00. The molecule has 2 rings (SSSR count). The maximum Gasteiger partial charge on any atom is 0.326 e. The van der Waals surface area contributed by atoms with Crippen molar-refractivity contribution in [1.29, 1.82) is 0 Å². The summed E-state index contributed by atoms with van der Waals surface area (Å²) in [6, 6.07) is 4.73. The number of nitrogens with one attached hydrogen (secondary N) is 1. The fourth-order valence-electron chi connectivity index (χ4n) is 2.09. The topological polar surface area (TPSA) is 71.3 Å². The first-order valence-corrected chi connectivity index (χ1v) is 7.61. The van der Waals surface area contributed by atoms with Gasteiger partial charge in [0, 0.05) is 12.4 Å². The van der Waals surface area contributed by atoms with Gasteiger partial charge in [-0.25, -0.2) is 4.79 Å². The van der Waals surface area contributed by atoms with E-state index >= 15 is 0 Å². The van der Waals surface area contributed by atoms with Gasteiger partial charge in [0.05, 0.1) is 5.69 Å². The molecule has 2 aromatic heterocycles. The van der Waals surface area contributed by atoms with Gasteiger partial charge in [0.25, 0.3) is 5.91 Å². The number of aromatic nitrogens is 1. The summed E-state index contributed by atoms with van der Waals surface area (Å²) < 4.78 is 1.84. The third kappa shape index (κ3) is 3.72. The molecule has 0 fully saturated rings. The molecule has 2 aromatic rings. The van der Waals surface area contributed by atoms with E-state index in [-0.39, 0.29) is 11.8 Å². The lowest BCUT2D eigenvalue weighted by Crippen LogP contribution is -2.41. The highest BCUT2D eigenvalue weighted by Gasteiger charge is 2.23. The zero-order valence-corrected chi connectivity index (χ0v) is 12.8. The van der Waals surface area contributed by atoms with Gasteiger partial charge in [-0.3, -0.25) is 4.79 Å². The minimum Gasteiger partial charge on any atom is -0.480 e. The van der Waals surface area contributed by atoms with Crippen LogP contribution in [0.2, 0.25) is 0 Å². The second-order valence-electron chi connectivity index (χ2n) is 5.22. The van der Waals surface area contributed by atoms with Gasteiger partial charge in [0.15, 0.2) is 0 Å². The molecule has 0 aliphatic rings. The summed E-state index contributed by atoms with van der Waals surface area (Å²) in [5.74, 6) is -1.16. The number of rotatable bonds is 6. The average Bonchev–Trinajstić information content (AvgIpc) is 3.07. The van der Waals surface area contributed by atoms with Crippen molar-refractivity contribution in [1.82, 2.24) is 9.88 Å². The average molecular weight is 306 g/mol. The summed E-state index contributed by atoms with van der Waals surface area (Å²) in [4.78, 5) is 24.1. The molecular formula is C15H18N2O3S. The van der Waals surface area contributed by atoms with Gasteiger partial charge in [0.2, 0.25) is 0 Å². The van der Waals surface area contributed by atoms with Crippen molar-refractivity contribution in [2.45, 2.75) is 26.3 Å². The first-order chi connectivity index (χ1) is 9.99. The predicted molar refractivity (Wildman–Crippen MR) is 82.0 cm³/mol. The number of aliphatic carboxylic acids is 1. The monoisotopic (exact) mass is 306 g/mol. The van der Waals surface area contributed by atoms with Crippen molar-refractivity contribution in [3.63, 3.8) is 0 Å². The lowest BCUT2D eigenvalue weighted by Gasteiger charge is -2.16. The van der Waals surface area contributed by atoms with Crippen molar-refractivity contribution in [2.75, 3.05) is 0 Å². The van der Waals surface area contributed by atoms with E-state index in [2.05, 4.69) is 5.32 Å². The number of hydrogen-bond donors (Lipinski definition) is 2. The van der Waals surface area contributed by atoms with Crippen LogP contribution < -0.4 is 5.32 Å². The van der Waals surface area contributed by atoms with Crippen molar-refractivity contribution < 1.29 is 14.7 Å². The Labute approximate surface area is 127 Å². The van der Waals surface area contributed by atoms with Crippen LogP contribution in [-0.2, 0) is 4.79 Å². The summed E-state index contributed by atoms with van der Waals surface area (Å²) in [6.45, 7) is 3.86. The van der Waals surface area contributed by atoms with Crippen LogP contribution in [0.25, 0.3) is 5.69 Å². The third-order valence-electron chi connectivity index (χ3n) is 3.04. The molecule has 6 heteroatoms. The molecule has 5 nitrogen and oxygen atoms in total. The molecule has 1 atom stereocenters. The van der Waals surface area contributed by atoms with E-state index in [1.807, 2.05) is 54.4 Å². The fraction of sp³-hybridized carbons (Fsp3) is 0.333. The zero-order valence-electron chi connectivity index (χ0n) is 11.9. The van der Waals surface area contributed by atoms with Gasteiger partial charge < -0.3 is 15.0 Å². The Hall–Kier alpha value is -2.08. The van der Waals surface area contributed by atoms with Crippen LogP contribution in [0.1, 0.15) is 29.9 Å². The Balaban J connectivity index is 2.17. The normalized spacial score (nSPS) is 12.3. The Bertz CT molecular complexity index is 617. The van der Waals surface area contributed by atoms with Crippen LogP contribution in [0.15, 0.2) is 36.0 Å². The van der Waals surface area contributed by atoms with Gasteiger partial charge >= 0.3 is 5.97 Å². The molecule has 0 aliphatic carbocycles. The molecule has 0 aromatic carbocycles. The maximum absolute atomic E-state index is 12.3. The molecule has 0 bridgehead atoms. The van der Waals surface area contributed by atoms with E-state index in [0.29, 0.717) is 11.3 Å². The van der Waals surface area contributed by atoms with E-state index in [9.17, 15) is 14.7 Å². The smallest absolute Gasteiger partial charge is 0.326 e. The zero-order chi connectivity index (χ0) is 15.4. The van der Waals surface area contributed by atoms with Crippen molar-refractivity contribution in [2.24, 2.45) is 5.92 Å². The highest BCUT2D eigenvalue weighted by molar-refractivity contribution is 7.12. The summed E-state index contributed by atoms with van der Waals surface area (Å²) in [7, 11) is 0. The molecule has 0 saturated carbocycles. The van der Waals surface area contributed by atoms with Crippen LogP contribution in [0.4, 0.5) is 0 Å². The lowest BCUT2D eigenvalue weighted by molar-refractivity contribution is -0.139. The van der Waals surface area contributed by atoms with Crippen LogP contribution in [0.3, 0.4) is 0 Å². The van der Waals surface area contributed by atoms with Gasteiger partial charge in [-0.1, -0.05) is 13.8 Å². The first-order valence-electron chi connectivity index (χ1n) is 6.73. The number of carbonyl (C=O) groups is 2. The number of carboxylic acid groups (broad SMARTS) is 1. The third-order valence-corrected chi connectivity index (χ3v) is 3.95. The molecule has 1 unspecified atom stereocenters. The van der Waals surface area contributed by atoms with Gasteiger partial charge in [-0.15, -0.1) is 11.3 Å². The molecule has 0 saturated heterocycles. The maximum atomic E-state index is 12.3. The van der Waals surface area contributed by atoms with E-state index in [4.69, 9.17) is 0 Å². The van der Waals surface area contributed by atoms with E-state index in [1.54, 1.807) is 0 Å². The van der Waals surface area contributed by atoms with Crippen molar-refractivity contribution in [3.05, 3.63) is 40.8 Å². The SMILES string of the molecule is CC(C)CC(NC(=O)c1sccc1-n1cccc1)C(=O)O. The van der Waals surface area contributed by atoms with Crippen molar-refractivity contribution in [3.8, 4) is 5.69 Å². The van der Waals surface area contributed by atoms with Gasteiger partial charge in [-0.05, 0) is 35.9 Å². The molecule has 112 valence electrons. The van der Waals surface area contributed by atoms with Crippen molar-refractivity contribution >= 4 is 23.2 Å². The van der Waals surface area contributed by atoms with Crippen LogP contribution in [-0.4, -0.2) is 27.6 Å². The van der Waals surface area contributed by atoms with Crippen LogP contribution >= 0.6 is 11.3 Å².